The Morgan fingerprint density at radius 3 is 1.61 bits per heavy atom. The number of carbonyl (C=O) groups is 5. The first-order chi connectivity index (χ1) is 16.9. The summed E-state index contributed by atoms with van der Waals surface area (Å²) in [5.41, 5.74) is -1.61. The van der Waals surface area contributed by atoms with Crippen molar-refractivity contribution in [2.75, 3.05) is 20.3 Å². The Labute approximate surface area is 209 Å². The molecule has 0 radical (unpaired) electrons. The van der Waals surface area contributed by atoms with Gasteiger partial charge in [0, 0.05) is 12.2 Å². The minimum absolute atomic E-state index is 0.241. The first kappa shape index (κ1) is 31.9. The van der Waals surface area contributed by atoms with Crippen molar-refractivity contribution < 1.29 is 57.1 Å². The van der Waals surface area contributed by atoms with Gasteiger partial charge in [-0.15, -0.1) is 0 Å². The van der Waals surface area contributed by atoms with Gasteiger partial charge in [0.2, 0.25) is 0 Å². The lowest BCUT2D eigenvalue weighted by Crippen LogP contribution is -2.26. The highest BCUT2D eigenvalue weighted by molar-refractivity contribution is 5.81. The molecule has 2 heterocycles. The van der Waals surface area contributed by atoms with Gasteiger partial charge < -0.3 is 33.2 Å². The molecule has 0 aromatic rings. The van der Waals surface area contributed by atoms with Crippen LogP contribution in [0.5, 0.6) is 0 Å². The summed E-state index contributed by atoms with van der Waals surface area (Å²) in [6.07, 6.45) is 2.88. The van der Waals surface area contributed by atoms with Crippen molar-refractivity contribution in [2.45, 2.75) is 50.7 Å². The summed E-state index contributed by atoms with van der Waals surface area (Å²) in [5.74, 6) is -0.278. The van der Waals surface area contributed by atoms with Crippen LogP contribution in [0.1, 0.15) is 39.5 Å². The number of ether oxygens (including phenoxy) is 7. The van der Waals surface area contributed by atoms with Crippen molar-refractivity contribution in [1.29, 1.82) is 0 Å². The molecule has 0 N–H and O–H groups in total. The lowest BCUT2D eigenvalue weighted by Gasteiger charge is -2.19. The molecule has 2 unspecified atom stereocenters. The highest BCUT2D eigenvalue weighted by atomic mass is 16.8. The highest BCUT2D eigenvalue weighted by Crippen LogP contribution is 2.34. The molecule has 0 aromatic heterocycles. The number of cyclic esters (lactones) is 4. The largest absolute Gasteiger partial charge is 0.514 e. The lowest BCUT2D eigenvalue weighted by atomic mass is 9.99. The van der Waals surface area contributed by atoms with E-state index in [2.05, 4.69) is 40.5 Å². The Morgan fingerprint density at radius 2 is 1.31 bits per heavy atom. The van der Waals surface area contributed by atoms with Gasteiger partial charge in [0.05, 0.1) is 20.3 Å². The van der Waals surface area contributed by atoms with Crippen molar-refractivity contribution in [3.05, 3.63) is 50.0 Å². The van der Waals surface area contributed by atoms with Crippen LogP contribution in [0.2, 0.25) is 0 Å². The Balaban J connectivity index is 0.000000561. The second-order valence-corrected chi connectivity index (χ2v) is 7.49. The van der Waals surface area contributed by atoms with Gasteiger partial charge in [-0.05, 0) is 39.5 Å². The zero-order valence-electron chi connectivity index (χ0n) is 20.7. The second kappa shape index (κ2) is 15.7. The zero-order chi connectivity index (χ0) is 27.8. The van der Waals surface area contributed by atoms with E-state index in [9.17, 15) is 24.0 Å². The molecule has 2 rings (SSSR count). The summed E-state index contributed by atoms with van der Waals surface area (Å²) in [7, 11) is 1.31. The summed E-state index contributed by atoms with van der Waals surface area (Å²) in [5, 5.41) is 0. The summed E-state index contributed by atoms with van der Waals surface area (Å²) in [4.78, 5) is 52.0. The Kier molecular flexibility index (Phi) is 14.0. The van der Waals surface area contributed by atoms with E-state index in [1.54, 1.807) is 13.8 Å². The van der Waals surface area contributed by atoms with Crippen LogP contribution in [0, 0.1) is 0 Å². The van der Waals surface area contributed by atoms with E-state index >= 15 is 0 Å². The molecule has 2 aliphatic heterocycles. The topological polar surface area (TPSA) is 150 Å². The average Bonchev–Trinajstić information content (AvgIpc) is 3.25. The molecule has 0 spiro atoms. The molecule has 2 fully saturated rings. The molecule has 36 heavy (non-hydrogen) atoms. The number of carbonyl (C=O) groups excluding carboxylic acids is 5. The van der Waals surface area contributed by atoms with Crippen LogP contribution in [0.3, 0.4) is 0 Å². The molecular weight excluding hydrogens is 480 g/mol. The van der Waals surface area contributed by atoms with Gasteiger partial charge in [-0.2, -0.15) is 0 Å². The van der Waals surface area contributed by atoms with E-state index in [1.807, 2.05) is 0 Å². The van der Waals surface area contributed by atoms with Gasteiger partial charge in [0.25, 0.3) is 6.47 Å². The second-order valence-electron chi connectivity index (χ2n) is 7.49. The standard InChI is InChI=1S/C11H14O5.C9H12O5.C4H6O2/c1-4-9(12)14-7-5-6-11(3)8(2)15-10(13)16-11;1-7-9(2,14-8(11)13-7)4-3-5-12-6-10;1-3-4(5)6-2/h4H,1-2,5-7H2,3H3;6H,1,3-5H2,2H3;3H,1H2,2H3. The van der Waals surface area contributed by atoms with E-state index in [4.69, 9.17) is 18.9 Å². The fourth-order valence-electron chi connectivity index (χ4n) is 2.59. The van der Waals surface area contributed by atoms with Crippen molar-refractivity contribution in [2.24, 2.45) is 0 Å². The molecule has 12 nitrogen and oxygen atoms in total. The lowest BCUT2D eigenvalue weighted by molar-refractivity contribution is -0.138. The normalized spacial score (nSPS) is 21.5. The first-order valence-electron chi connectivity index (χ1n) is 10.6. The molecule has 0 amide bonds. The fourth-order valence-corrected chi connectivity index (χ4v) is 2.59. The summed E-state index contributed by atoms with van der Waals surface area (Å²) in [6, 6.07) is 0. The maximum atomic E-state index is 10.9. The third-order valence-electron chi connectivity index (χ3n) is 4.77. The first-order valence-corrected chi connectivity index (χ1v) is 10.6. The van der Waals surface area contributed by atoms with E-state index in [0.29, 0.717) is 44.5 Å². The van der Waals surface area contributed by atoms with E-state index in [0.717, 1.165) is 12.2 Å². The van der Waals surface area contributed by atoms with Gasteiger partial charge >= 0.3 is 24.2 Å². The van der Waals surface area contributed by atoms with Gasteiger partial charge in [0.15, 0.2) is 11.2 Å². The minimum Gasteiger partial charge on any atom is -0.468 e. The number of esters is 2. The maximum absolute atomic E-state index is 10.9. The van der Waals surface area contributed by atoms with Crippen molar-refractivity contribution in [3.63, 3.8) is 0 Å². The monoisotopic (exact) mass is 512 g/mol. The van der Waals surface area contributed by atoms with Crippen molar-refractivity contribution in [1.82, 2.24) is 0 Å². The van der Waals surface area contributed by atoms with E-state index in [1.165, 1.54) is 7.11 Å². The number of hydrogen-bond donors (Lipinski definition) is 0. The molecular formula is C24H32O12. The molecule has 200 valence electrons. The number of rotatable bonds is 11. The van der Waals surface area contributed by atoms with Gasteiger partial charge in [-0.1, -0.05) is 26.3 Å². The summed E-state index contributed by atoms with van der Waals surface area (Å²) >= 11 is 0. The van der Waals surface area contributed by atoms with Gasteiger partial charge in [0.1, 0.15) is 11.5 Å². The predicted molar refractivity (Wildman–Crippen MR) is 124 cm³/mol. The van der Waals surface area contributed by atoms with Crippen molar-refractivity contribution in [3.8, 4) is 0 Å². The fraction of sp³-hybridized carbons (Fsp3) is 0.458. The molecule has 2 atom stereocenters. The number of methoxy groups -OCH3 is 1. The van der Waals surface area contributed by atoms with Crippen molar-refractivity contribution >= 4 is 30.7 Å². The predicted octanol–water partition coefficient (Wildman–Crippen LogP) is 3.66. The van der Waals surface area contributed by atoms with Crippen LogP contribution in [0.4, 0.5) is 9.59 Å². The van der Waals surface area contributed by atoms with E-state index in [-0.39, 0.29) is 12.4 Å². The molecule has 0 aromatic carbocycles. The zero-order valence-corrected chi connectivity index (χ0v) is 20.7. The molecule has 0 aliphatic carbocycles. The van der Waals surface area contributed by atoms with Gasteiger partial charge in [-0.3, -0.25) is 4.79 Å². The quantitative estimate of drug-likeness (QED) is 0.131. The SMILES string of the molecule is C=C1OC(=O)OC1(C)CCCOC=O.C=CC(=O)OC.C=CC(=O)OCCCC1(C)OC(=O)OC1=C. The Morgan fingerprint density at radius 1 is 0.861 bits per heavy atom. The van der Waals surface area contributed by atoms with Crippen LogP contribution in [-0.4, -0.2) is 62.2 Å². The smallest absolute Gasteiger partial charge is 0.468 e. The van der Waals surface area contributed by atoms with Crippen LogP contribution in [0.25, 0.3) is 0 Å². The summed E-state index contributed by atoms with van der Waals surface area (Å²) < 4.78 is 32.7. The summed E-state index contributed by atoms with van der Waals surface area (Å²) in [6.45, 7) is 17.9. The maximum Gasteiger partial charge on any atom is 0.514 e. The third-order valence-corrected chi connectivity index (χ3v) is 4.77. The minimum atomic E-state index is -0.822. The number of hydrogen-bond acceptors (Lipinski definition) is 12. The Hall–Kier alpha value is -4.09. The van der Waals surface area contributed by atoms with Crippen LogP contribution in [-0.2, 0) is 47.5 Å². The van der Waals surface area contributed by atoms with Gasteiger partial charge in [-0.25, -0.2) is 19.2 Å². The van der Waals surface area contributed by atoms with Crippen LogP contribution in [0.15, 0.2) is 50.0 Å². The third kappa shape index (κ3) is 11.4. The molecule has 12 heteroatoms. The molecule has 0 saturated carbocycles. The Bertz CT molecular complexity index is 861. The van der Waals surface area contributed by atoms with E-state index < -0.39 is 35.5 Å². The molecule has 2 saturated heterocycles. The average molecular weight is 513 g/mol. The van der Waals surface area contributed by atoms with Crippen LogP contribution < -0.4 is 0 Å². The molecule has 2 aliphatic rings. The van der Waals surface area contributed by atoms with Crippen LogP contribution >= 0.6 is 0 Å². The molecule has 0 bridgehead atoms. The highest BCUT2D eigenvalue weighted by Gasteiger charge is 2.42.